The Morgan fingerprint density at radius 2 is 1.85 bits per heavy atom. The van der Waals surface area contributed by atoms with Gasteiger partial charge in [-0.3, -0.25) is 14.5 Å². The van der Waals surface area contributed by atoms with E-state index in [9.17, 15) is 14.7 Å². The molecule has 34 heavy (non-hydrogen) atoms. The first-order chi connectivity index (χ1) is 16.4. The molecule has 0 aliphatic carbocycles. The highest BCUT2D eigenvalue weighted by Gasteiger charge is 2.48. The molecule has 170 valence electrons. The average molecular weight is 491 g/mol. The van der Waals surface area contributed by atoms with Crippen LogP contribution in [0.2, 0.25) is 5.02 Å². The molecule has 0 saturated carbocycles. The quantitative estimate of drug-likeness (QED) is 0.219. The number of halogens is 1. The predicted octanol–water partition coefficient (Wildman–Crippen LogP) is 5.89. The van der Waals surface area contributed by atoms with Gasteiger partial charge in [0.15, 0.2) is 5.13 Å². The van der Waals surface area contributed by atoms with Crippen molar-refractivity contribution in [3.8, 4) is 5.75 Å². The number of ether oxygens (including phenoxy) is 1. The van der Waals surface area contributed by atoms with E-state index in [0.29, 0.717) is 27.0 Å². The number of amides is 1. The van der Waals surface area contributed by atoms with Crippen molar-refractivity contribution in [1.29, 1.82) is 0 Å². The van der Waals surface area contributed by atoms with E-state index in [2.05, 4.69) is 4.98 Å². The fraction of sp³-hybridized carbons (Fsp3) is 0.115. The average Bonchev–Trinajstić information content (AvgIpc) is 3.37. The number of fused-ring (bicyclic) bond motifs is 1. The highest BCUT2D eigenvalue weighted by atomic mass is 35.5. The van der Waals surface area contributed by atoms with E-state index < -0.39 is 17.7 Å². The van der Waals surface area contributed by atoms with Gasteiger partial charge >= 0.3 is 5.91 Å². The lowest BCUT2D eigenvalue weighted by Crippen LogP contribution is -2.29. The van der Waals surface area contributed by atoms with Gasteiger partial charge in [0.25, 0.3) is 5.78 Å². The molecule has 8 heteroatoms. The number of rotatable bonds is 4. The first-order valence-electron chi connectivity index (χ1n) is 10.5. The molecule has 1 atom stereocenters. The molecule has 1 aliphatic rings. The summed E-state index contributed by atoms with van der Waals surface area (Å²) in [6.07, 6.45) is 0. The monoisotopic (exact) mass is 490 g/mol. The molecule has 0 bridgehead atoms. The largest absolute Gasteiger partial charge is 0.507 e. The zero-order chi connectivity index (χ0) is 24.0. The topological polar surface area (TPSA) is 79.7 Å². The number of aliphatic hydroxyl groups excluding tert-OH is 1. The van der Waals surface area contributed by atoms with Crippen LogP contribution in [-0.2, 0) is 9.59 Å². The van der Waals surface area contributed by atoms with E-state index in [-0.39, 0.29) is 11.3 Å². The summed E-state index contributed by atoms with van der Waals surface area (Å²) < 4.78 is 6.16. The highest BCUT2D eigenvalue weighted by Crippen LogP contribution is 2.44. The third-order valence-electron chi connectivity index (χ3n) is 5.71. The lowest BCUT2D eigenvalue weighted by atomic mass is 9.95. The normalized spacial score (nSPS) is 17.5. The first-order valence-corrected chi connectivity index (χ1v) is 11.6. The van der Waals surface area contributed by atoms with Gasteiger partial charge in [-0.15, -0.1) is 0 Å². The predicted molar refractivity (Wildman–Crippen MR) is 134 cm³/mol. The molecule has 3 aromatic carbocycles. The van der Waals surface area contributed by atoms with Crippen LogP contribution in [0.5, 0.6) is 5.75 Å². The summed E-state index contributed by atoms with van der Waals surface area (Å²) in [5.41, 5.74) is 2.78. The van der Waals surface area contributed by atoms with Gasteiger partial charge in [0, 0.05) is 10.6 Å². The van der Waals surface area contributed by atoms with E-state index in [1.165, 1.54) is 23.3 Å². The maximum absolute atomic E-state index is 13.3. The van der Waals surface area contributed by atoms with E-state index >= 15 is 0 Å². The van der Waals surface area contributed by atoms with Crippen molar-refractivity contribution in [2.75, 3.05) is 12.0 Å². The molecule has 0 radical (unpaired) electrons. The van der Waals surface area contributed by atoms with Crippen molar-refractivity contribution in [3.63, 3.8) is 0 Å². The molecule has 1 N–H and O–H groups in total. The van der Waals surface area contributed by atoms with Gasteiger partial charge in [-0.1, -0.05) is 53.3 Å². The number of Topliss-reactive ketones (excluding diaryl/α,β-unsaturated/α-hetero) is 1. The van der Waals surface area contributed by atoms with Crippen LogP contribution >= 0.6 is 22.9 Å². The van der Waals surface area contributed by atoms with Crippen molar-refractivity contribution < 1.29 is 19.4 Å². The standard InChI is InChI=1S/C26H19ClN2O4S/c1-14-6-11-19-20(12-14)34-26(28-19)29-22(15-7-9-17(27)10-8-15)21(24(31)25(29)32)23(30)16-4-3-5-18(13-16)33-2/h3-13,22,30H,1-2H3/t22-/m0/s1. The number of carbonyl (C=O) groups excluding carboxylic acids is 2. The molecule has 6 nitrogen and oxygen atoms in total. The van der Waals surface area contributed by atoms with Gasteiger partial charge < -0.3 is 9.84 Å². The van der Waals surface area contributed by atoms with Crippen LogP contribution in [0.4, 0.5) is 5.13 Å². The minimum atomic E-state index is -0.870. The fourth-order valence-corrected chi connectivity index (χ4v) is 5.26. The van der Waals surface area contributed by atoms with Gasteiger partial charge in [-0.2, -0.15) is 0 Å². The number of aliphatic hydroxyl groups is 1. The highest BCUT2D eigenvalue weighted by molar-refractivity contribution is 7.22. The maximum Gasteiger partial charge on any atom is 0.301 e. The second-order valence-corrected chi connectivity index (χ2v) is 9.37. The Labute approximate surface area is 204 Å². The summed E-state index contributed by atoms with van der Waals surface area (Å²) in [4.78, 5) is 32.6. The van der Waals surface area contributed by atoms with Crippen molar-refractivity contribution in [1.82, 2.24) is 4.98 Å². The van der Waals surface area contributed by atoms with Crippen molar-refractivity contribution in [2.45, 2.75) is 13.0 Å². The number of anilines is 1. The molecular weight excluding hydrogens is 472 g/mol. The molecular formula is C26H19ClN2O4S. The van der Waals surface area contributed by atoms with Crippen LogP contribution in [0, 0.1) is 6.92 Å². The molecule has 1 amide bonds. The Kier molecular flexibility index (Phi) is 5.59. The van der Waals surface area contributed by atoms with Crippen LogP contribution in [0.3, 0.4) is 0 Å². The molecule has 2 heterocycles. The maximum atomic E-state index is 13.3. The smallest absolute Gasteiger partial charge is 0.301 e. The summed E-state index contributed by atoms with van der Waals surface area (Å²) in [5, 5.41) is 12.1. The van der Waals surface area contributed by atoms with Crippen LogP contribution in [0.25, 0.3) is 16.0 Å². The molecule has 5 rings (SSSR count). The number of hydrogen-bond acceptors (Lipinski definition) is 6. The summed E-state index contributed by atoms with van der Waals surface area (Å²) in [6.45, 7) is 1.98. The van der Waals surface area contributed by atoms with Gasteiger partial charge in [-0.05, 0) is 54.4 Å². The third-order valence-corrected chi connectivity index (χ3v) is 6.98. The summed E-state index contributed by atoms with van der Waals surface area (Å²) in [7, 11) is 1.51. The van der Waals surface area contributed by atoms with E-state index in [0.717, 1.165) is 15.8 Å². The summed E-state index contributed by atoms with van der Waals surface area (Å²) >= 11 is 7.42. The van der Waals surface area contributed by atoms with Gasteiger partial charge in [0.2, 0.25) is 0 Å². The molecule has 0 spiro atoms. The molecule has 1 fully saturated rings. The summed E-state index contributed by atoms with van der Waals surface area (Å²) in [5.74, 6) is -1.30. The van der Waals surface area contributed by atoms with Gasteiger partial charge in [-0.25, -0.2) is 4.98 Å². The number of aryl methyl sites for hydroxylation is 1. The van der Waals surface area contributed by atoms with Gasteiger partial charge in [0.05, 0.1) is 28.9 Å². The van der Waals surface area contributed by atoms with Crippen LogP contribution in [0.1, 0.15) is 22.7 Å². The van der Waals surface area contributed by atoms with E-state index in [1.807, 2.05) is 25.1 Å². The Morgan fingerprint density at radius 1 is 1.09 bits per heavy atom. The second kappa shape index (κ2) is 8.59. The van der Waals surface area contributed by atoms with Crippen molar-refractivity contribution in [2.24, 2.45) is 0 Å². The molecule has 4 aromatic rings. The number of nitrogens with zero attached hydrogens (tertiary/aromatic N) is 2. The number of ketones is 1. The molecule has 1 aromatic heterocycles. The zero-order valence-electron chi connectivity index (χ0n) is 18.3. The Balaban J connectivity index is 1.73. The Bertz CT molecular complexity index is 1480. The number of hydrogen-bond donors (Lipinski definition) is 1. The number of aromatic nitrogens is 1. The minimum absolute atomic E-state index is 0.0176. The first kappa shape index (κ1) is 22.1. The molecule has 0 unspecified atom stereocenters. The number of thiazole rings is 1. The number of methoxy groups -OCH3 is 1. The third kappa shape index (κ3) is 3.73. The Hall–Kier alpha value is -3.68. The lowest BCUT2D eigenvalue weighted by Gasteiger charge is -2.23. The molecule has 1 aliphatic heterocycles. The number of carbonyl (C=O) groups is 2. The van der Waals surface area contributed by atoms with E-state index in [1.54, 1.807) is 48.5 Å². The van der Waals surface area contributed by atoms with Gasteiger partial charge in [0.1, 0.15) is 11.5 Å². The van der Waals surface area contributed by atoms with E-state index in [4.69, 9.17) is 16.3 Å². The fourth-order valence-electron chi connectivity index (χ4n) is 4.04. The molecule has 1 saturated heterocycles. The lowest BCUT2D eigenvalue weighted by molar-refractivity contribution is -0.132. The van der Waals surface area contributed by atoms with Crippen LogP contribution in [0.15, 0.2) is 72.3 Å². The second-order valence-electron chi connectivity index (χ2n) is 7.92. The minimum Gasteiger partial charge on any atom is -0.507 e. The van der Waals surface area contributed by atoms with Crippen LogP contribution in [-0.4, -0.2) is 28.9 Å². The van der Waals surface area contributed by atoms with Crippen LogP contribution < -0.4 is 9.64 Å². The SMILES string of the molecule is COc1cccc(C(O)=C2C(=O)C(=O)N(c3nc4ccc(C)cc4s3)[C@H]2c2ccc(Cl)cc2)c1. The number of benzene rings is 3. The Morgan fingerprint density at radius 3 is 2.59 bits per heavy atom. The van der Waals surface area contributed by atoms with Crippen molar-refractivity contribution >= 4 is 55.7 Å². The zero-order valence-corrected chi connectivity index (χ0v) is 19.9. The van der Waals surface area contributed by atoms with Crippen molar-refractivity contribution in [3.05, 3.63) is 94.0 Å². The summed E-state index contributed by atoms with van der Waals surface area (Å²) in [6, 6.07) is 18.5.